The van der Waals surface area contributed by atoms with E-state index in [2.05, 4.69) is 18.2 Å². The van der Waals surface area contributed by atoms with Crippen molar-refractivity contribution in [3.05, 3.63) is 23.8 Å². The van der Waals surface area contributed by atoms with Crippen molar-refractivity contribution in [2.75, 3.05) is 13.7 Å². The molecule has 0 heterocycles. The molecule has 0 fully saturated rings. The zero-order valence-electron chi connectivity index (χ0n) is 7.05. The predicted octanol–water partition coefficient (Wildman–Crippen LogP) is 2.55. The molecule has 0 saturated heterocycles. The van der Waals surface area contributed by atoms with E-state index in [4.69, 9.17) is 4.74 Å². The Balaban J connectivity index is 3.62. The van der Waals surface area contributed by atoms with Gasteiger partial charge in [-0.2, -0.15) is 0 Å². The fourth-order valence-corrected chi connectivity index (χ4v) is 0.715. The standard InChI is InChI=1S/C9H16O/c1-4-6-7-9(5-2)8-10-3/h4-6H,7-8H2,1-3H3/b6-4-,9-5+. The SMILES string of the molecule is C/C=C\C/C(=C\C)COC. The number of hydrogen-bond acceptors (Lipinski definition) is 1. The van der Waals surface area contributed by atoms with Gasteiger partial charge in [0.05, 0.1) is 6.61 Å². The third kappa shape index (κ3) is 4.33. The average molecular weight is 140 g/mol. The molecule has 0 unspecified atom stereocenters. The molecular weight excluding hydrogens is 124 g/mol. The first-order chi connectivity index (χ1) is 4.85. The Hall–Kier alpha value is -0.560. The van der Waals surface area contributed by atoms with Crippen molar-refractivity contribution >= 4 is 0 Å². The van der Waals surface area contributed by atoms with Crippen molar-refractivity contribution in [3.8, 4) is 0 Å². The van der Waals surface area contributed by atoms with Gasteiger partial charge in [-0.15, -0.1) is 0 Å². The van der Waals surface area contributed by atoms with Crippen LogP contribution >= 0.6 is 0 Å². The quantitative estimate of drug-likeness (QED) is 0.545. The van der Waals surface area contributed by atoms with Gasteiger partial charge in [0.1, 0.15) is 0 Å². The minimum absolute atomic E-state index is 0.751. The lowest BCUT2D eigenvalue weighted by Gasteiger charge is -2.00. The lowest BCUT2D eigenvalue weighted by atomic mass is 10.2. The molecule has 0 bridgehead atoms. The number of ether oxygens (including phenoxy) is 1. The van der Waals surface area contributed by atoms with Crippen LogP contribution in [0.2, 0.25) is 0 Å². The summed E-state index contributed by atoms with van der Waals surface area (Å²) in [5.74, 6) is 0. The second-order valence-corrected chi connectivity index (χ2v) is 2.15. The zero-order chi connectivity index (χ0) is 7.82. The van der Waals surface area contributed by atoms with Gasteiger partial charge in [-0.3, -0.25) is 0 Å². The largest absolute Gasteiger partial charge is 0.380 e. The third-order valence-corrected chi connectivity index (χ3v) is 1.35. The molecule has 58 valence electrons. The summed E-state index contributed by atoms with van der Waals surface area (Å²) in [5.41, 5.74) is 1.33. The Bertz CT molecular complexity index is 123. The van der Waals surface area contributed by atoms with E-state index in [9.17, 15) is 0 Å². The predicted molar refractivity (Wildman–Crippen MR) is 45.1 cm³/mol. The van der Waals surface area contributed by atoms with Crippen LogP contribution in [0.4, 0.5) is 0 Å². The molecule has 0 saturated carbocycles. The Morgan fingerprint density at radius 2 is 2.10 bits per heavy atom. The van der Waals surface area contributed by atoms with Crippen molar-refractivity contribution in [1.29, 1.82) is 0 Å². The highest BCUT2D eigenvalue weighted by Gasteiger charge is 1.89. The second-order valence-electron chi connectivity index (χ2n) is 2.15. The van der Waals surface area contributed by atoms with E-state index in [0.29, 0.717) is 0 Å². The molecule has 0 spiro atoms. The van der Waals surface area contributed by atoms with Crippen LogP contribution < -0.4 is 0 Å². The molecule has 0 aliphatic carbocycles. The molecule has 10 heavy (non-hydrogen) atoms. The lowest BCUT2D eigenvalue weighted by molar-refractivity contribution is 0.224. The van der Waals surface area contributed by atoms with Gasteiger partial charge in [-0.1, -0.05) is 18.2 Å². The fraction of sp³-hybridized carbons (Fsp3) is 0.556. The van der Waals surface area contributed by atoms with Crippen LogP contribution in [0.1, 0.15) is 20.3 Å². The Morgan fingerprint density at radius 1 is 1.40 bits per heavy atom. The van der Waals surface area contributed by atoms with Crippen molar-refractivity contribution < 1.29 is 4.74 Å². The molecule has 0 aromatic carbocycles. The summed E-state index contributed by atoms with van der Waals surface area (Å²) in [6.07, 6.45) is 7.30. The topological polar surface area (TPSA) is 9.23 Å². The maximum atomic E-state index is 4.99. The fourth-order valence-electron chi connectivity index (χ4n) is 0.715. The van der Waals surface area contributed by atoms with Crippen LogP contribution in [0.25, 0.3) is 0 Å². The molecule has 0 N–H and O–H groups in total. The molecule has 1 heteroatoms. The van der Waals surface area contributed by atoms with Crippen molar-refractivity contribution in [2.24, 2.45) is 0 Å². The molecule has 0 rings (SSSR count). The first kappa shape index (κ1) is 9.44. The Labute approximate surface area is 63.4 Å². The van der Waals surface area contributed by atoms with E-state index < -0.39 is 0 Å². The van der Waals surface area contributed by atoms with Gasteiger partial charge >= 0.3 is 0 Å². The zero-order valence-corrected chi connectivity index (χ0v) is 7.05. The number of allylic oxidation sites excluding steroid dienone is 3. The maximum absolute atomic E-state index is 4.99. The van der Waals surface area contributed by atoms with Gasteiger partial charge in [0.2, 0.25) is 0 Å². The number of methoxy groups -OCH3 is 1. The van der Waals surface area contributed by atoms with Gasteiger partial charge in [-0.25, -0.2) is 0 Å². The van der Waals surface area contributed by atoms with E-state index in [0.717, 1.165) is 13.0 Å². The van der Waals surface area contributed by atoms with Crippen molar-refractivity contribution in [3.63, 3.8) is 0 Å². The summed E-state index contributed by atoms with van der Waals surface area (Å²) in [6.45, 7) is 4.82. The second kappa shape index (κ2) is 6.56. The summed E-state index contributed by atoms with van der Waals surface area (Å²) >= 11 is 0. The van der Waals surface area contributed by atoms with Crippen LogP contribution in [0.5, 0.6) is 0 Å². The summed E-state index contributed by atoms with van der Waals surface area (Å²) in [7, 11) is 1.72. The molecule has 1 nitrogen and oxygen atoms in total. The molecule has 0 aromatic rings. The van der Waals surface area contributed by atoms with Crippen LogP contribution in [0, 0.1) is 0 Å². The number of rotatable bonds is 4. The molecule has 0 aliphatic rings. The van der Waals surface area contributed by atoms with Gasteiger partial charge in [-0.05, 0) is 25.8 Å². The van der Waals surface area contributed by atoms with Gasteiger partial charge in [0.15, 0.2) is 0 Å². The van der Waals surface area contributed by atoms with E-state index in [-0.39, 0.29) is 0 Å². The Morgan fingerprint density at radius 3 is 2.50 bits per heavy atom. The number of hydrogen-bond donors (Lipinski definition) is 0. The first-order valence-electron chi connectivity index (χ1n) is 3.59. The molecular formula is C9H16O. The van der Waals surface area contributed by atoms with E-state index in [1.165, 1.54) is 5.57 Å². The van der Waals surface area contributed by atoms with Gasteiger partial charge in [0, 0.05) is 7.11 Å². The minimum atomic E-state index is 0.751. The molecule has 0 aromatic heterocycles. The molecule has 0 aliphatic heterocycles. The van der Waals surface area contributed by atoms with E-state index in [1.807, 2.05) is 13.8 Å². The highest BCUT2D eigenvalue weighted by atomic mass is 16.5. The lowest BCUT2D eigenvalue weighted by Crippen LogP contribution is -1.92. The smallest absolute Gasteiger partial charge is 0.0675 e. The summed E-state index contributed by atoms with van der Waals surface area (Å²) < 4.78 is 4.99. The summed E-state index contributed by atoms with van der Waals surface area (Å²) in [4.78, 5) is 0. The normalized spacial score (nSPS) is 12.9. The van der Waals surface area contributed by atoms with Gasteiger partial charge < -0.3 is 4.74 Å². The maximum Gasteiger partial charge on any atom is 0.0675 e. The third-order valence-electron chi connectivity index (χ3n) is 1.35. The van der Waals surface area contributed by atoms with Crippen LogP contribution in [-0.2, 0) is 4.74 Å². The van der Waals surface area contributed by atoms with Crippen LogP contribution in [-0.4, -0.2) is 13.7 Å². The average Bonchev–Trinajstić information content (AvgIpc) is 1.98. The van der Waals surface area contributed by atoms with Crippen LogP contribution in [0.3, 0.4) is 0 Å². The summed E-state index contributed by atoms with van der Waals surface area (Å²) in [6, 6.07) is 0. The highest BCUT2D eigenvalue weighted by Crippen LogP contribution is 2.01. The summed E-state index contributed by atoms with van der Waals surface area (Å²) in [5, 5.41) is 0. The van der Waals surface area contributed by atoms with Gasteiger partial charge in [0.25, 0.3) is 0 Å². The minimum Gasteiger partial charge on any atom is -0.380 e. The van der Waals surface area contributed by atoms with E-state index in [1.54, 1.807) is 7.11 Å². The Kier molecular flexibility index (Phi) is 6.19. The molecule has 0 amide bonds. The monoisotopic (exact) mass is 140 g/mol. The first-order valence-corrected chi connectivity index (χ1v) is 3.59. The van der Waals surface area contributed by atoms with Crippen molar-refractivity contribution in [2.45, 2.75) is 20.3 Å². The van der Waals surface area contributed by atoms with Crippen molar-refractivity contribution in [1.82, 2.24) is 0 Å². The molecule has 0 radical (unpaired) electrons. The van der Waals surface area contributed by atoms with Crippen LogP contribution in [0.15, 0.2) is 23.8 Å². The van der Waals surface area contributed by atoms with E-state index >= 15 is 0 Å². The highest BCUT2D eigenvalue weighted by molar-refractivity contribution is 5.06. The molecule has 0 atom stereocenters.